The van der Waals surface area contributed by atoms with Crippen LogP contribution in [0.2, 0.25) is 0 Å². The molecular formula is C4H5F5O3P+. The summed E-state index contributed by atoms with van der Waals surface area (Å²) in [6, 6.07) is 0. The fourth-order valence-corrected chi connectivity index (χ4v) is 0.831. The molecule has 0 radical (unpaired) electrons. The van der Waals surface area contributed by atoms with Crippen molar-refractivity contribution in [2.75, 3.05) is 6.61 Å². The molecule has 0 rings (SSSR count). The molecule has 0 bridgehead atoms. The highest BCUT2D eigenvalue weighted by atomic mass is 31.1. The number of hydrogen-bond donors (Lipinski definition) is 0. The summed E-state index contributed by atoms with van der Waals surface area (Å²) in [4.78, 5) is 0. The standard InChI is InChI=1S/C4H5F5O3P/c1-2-11-13(10)12-4(8,9)3(5,6)7/h2H2,1H3/q+1. The van der Waals surface area contributed by atoms with Gasteiger partial charge in [-0.05, 0) is 11.4 Å². The quantitative estimate of drug-likeness (QED) is 0.547. The molecular weight excluding hydrogens is 222 g/mol. The average molecular weight is 227 g/mol. The molecule has 0 spiro atoms. The van der Waals surface area contributed by atoms with Crippen molar-refractivity contribution in [2.45, 2.75) is 19.2 Å². The normalized spacial score (nSPS) is 14.5. The molecule has 9 heteroatoms. The van der Waals surface area contributed by atoms with Crippen LogP contribution in [0, 0.1) is 0 Å². The molecule has 0 aliphatic heterocycles. The summed E-state index contributed by atoms with van der Waals surface area (Å²) in [7, 11) is -3.45. The van der Waals surface area contributed by atoms with E-state index in [4.69, 9.17) is 0 Å². The Morgan fingerprint density at radius 1 is 1.23 bits per heavy atom. The van der Waals surface area contributed by atoms with Gasteiger partial charge < -0.3 is 0 Å². The van der Waals surface area contributed by atoms with Gasteiger partial charge in [0.2, 0.25) is 0 Å². The largest absolute Gasteiger partial charge is 0.704 e. The second-order valence-electron chi connectivity index (χ2n) is 1.75. The number of halogens is 5. The van der Waals surface area contributed by atoms with Crippen LogP contribution in [-0.2, 0) is 13.6 Å². The Labute approximate surface area is 70.8 Å². The first-order chi connectivity index (χ1) is 5.70. The van der Waals surface area contributed by atoms with Crippen molar-refractivity contribution in [3.8, 4) is 0 Å². The third kappa shape index (κ3) is 3.93. The predicted molar refractivity (Wildman–Crippen MR) is 31.3 cm³/mol. The van der Waals surface area contributed by atoms with Crippen LogP contribution < -0.4 is 0 Å². The van der Waals surface area contributed by atoms with Crippen molar-refractivity contribution in [1.29, 1.82) is 0 Å². The first-order valence-electron chi connectivity index (χ1n) is 2.94. The summed E-state index contributed by atoms with van der Waals surface area (Å²) in [5.74, 6) is 0. The fraction of sp³-hybridized carbons (Fsp3) is 1.00. The van der Waals surface area contributed by atoms with Gasteiger partial charge in [-0.2, -0.15) is 22.0 Å². The maximum Gasteiger partial charge on any atom is 0.704 e. The van der Waals surface area contributed by atoms with Crippen molar-refractivity contribution < 1.29 is 35.6 Å². The fourth-order valence-electron chi connectivity index (χ4n) is 0.277. The predicted octanol–water partition coefficient (Wildman–Crippen LogP) is 2.85. The maximum absolute atomic E-state index is 11.9. The van der Waals surface area contributed by atoms with E-state index in [1.54, 1.807) is 0 Å². The first kappa shape index (κ1) is 12.7. The molecule has 1 atom stereocenters. The van der Waals surface area contributed by atoms with Crippen LogP contribution >= 0.6 is 8.25 Å². The molecule has 0 saturated carbocycles. The van der Waals surface area contributed by atoms with Gasteiger partial charge in [0, 0.05) is 4.57 Å². The van der Waals surface area contributed by atoms with E-state index in [-0.39, 0.29) is 6.61 Å². The molecule has 0 amide bonds. The van der Waals surface area contributed by atoms with Gasteiger partial charge in [0.25, 0.3) is 0 Å². The summed E-state index contributed by atoms with van der Waals surface area (Å²) in [6.07, 6.45) is -11.3. The van der Waals surface area contributed by atoms with Crippen LogP contribution in [0.1, 0.15) is 6.92 Å². The van der Waals surface area contributed by atoms with Crippen LogP contribution in [0.3, 0.4) is 0 Å². The minimum absolute atomic E-state index is 0.289. The van der Waals surface area contributed by atoms with E-state index in [0.29, 0.717) is 0 Å². The van der Waals surface area contributed by atoms with E-state index in [2.05, 4.69) is 9.05 Å². The number of alkyl halides is 5. The van der Waals surface area contributed by atoms with Crippen molar-refractivity contribution in [1.82, 2.24) is 0 Å². The number of hydrogen-bond acceptors (Lipinski definition) is 3. The zero-order valence-electron chi connectivity index (χ0n) is 6.27. The summed E-state index contributed by atoms with van der Waals surface area (Å²) in [5.41, 5.74) is 0. The summed E-state index contributed by atoms with van der Waals surface area (Å²) >= 11 is 0. The molecule has 13 heavy (non-hydrogen) atoms. The molecule has 0 heterocycles. The Bertz CT molecular complexity index is 191. The van der Waals surface area contributed by atoms with E-state index in [0.717, 1.165) is 0 Å². The molecule has 0 aliphatic rings. The highest BCUT2D eigenvalue weighted by molar-refractivity contribution is 7.33. The zero-order chi connectivity index (χ0) is 10.7. The van der Waals surface area contributed by atoms with Crippen LogP contribution in [0.4, 0.5) is 22.0 Å². The summed E-state index contributed by atoms with van der Waals surface area (Å²) in [5, 5.41) is 0. The van der Waals surface area contributed by atoms with Crippen molar-refractivity contribution in [2.24, 2.45) is 0 Å². The summed E-state index contributed by atoms with van der Waals surface area (Å²) < 4.78 is 74.9. The van der Waals surface area contributed by atoms with Gasteiger partial charge in [-0.1, -0.05) is 0 Å². The van der Waals surface area contributed by atoms with E-state index in [1.807, 2.05) is 0 Å². The third-order valence-electron chi connectivity index (χ3n) is 0.754. The second kappa shape index (κ2) is 4.26. The smallest absolute Gasteiger partial charge is 0.163 e. The van der Waals surface area contributed by atoms with E-state index in [9.17, 15) is 26.5 Å². The van der Waals surface area contributed by atoms with Gasteiger partial charge in [-0.25, -0.2) is 0 Å². The second-order valence-corrected chi connectivity index (χ2v) is 2.64. The number of rotatable bonds is 4. The third-order valence-corrected chi connectivity index (χ3v) is 1.60. The molecule has 0 aromatic rings. The van der Waals surface area contributed by atoms with E-state index in [1.165, 1.54) is 6.92 Å². The lowest BCUT2D eigenvalue weighted by molar-refractivity contribution is -0.361. The van der Waals surface area contributed by atoms with Gasteiger partial charge >= 0.3 is 20.5 Å². The Morgan fingerprint density at radius 2 is 1.69 bits per heavy atom. The molecule has 0 fully saturated rings. The lowest BCUT2D eigenvalue weighted by atomic mass is 10.6. The topological polar surface area (TPSA) is 35.5 Å². The minimum atomic E-state index is -5.89. The summed E-state index contributed by atoms with van der Waals surface area (Å²) in [6.45, 7) is 0.978. The van der Waals surface area contributed by atoms with Crippen LogP contribution in [0.5, 0.6) is 0 Å². The minimum Gasteiger partial charge on any atom is -0.163 e. The lowest BCUT2D eigenvalue weighted by Crippen LogP contribution is -2.37. The SMILES string of the molecule is CCO[P+](=O)OC(F)(F)C(F)(F)F. The molecule has 1 unspecified atom stereocenters. The van der Waals surface area contributed by atoms with E-state index >= 15 is 0 Å². The van der Waals surface area contributed by atoms with Crippen LogP contribution in [0.25, 0.3) is 0 Å². The van der Waals surface area contributed by atoms with Crippen LogP contribution in [0.15, 0.2) is 0 Å². The monoisotopic (exact) mass is 227 g/mol. The molecule has 0 aromatic carbocycles. The van der Waals surface area contributed by atoms with Crippen molar-refractivity contribution >= 4 is 8.25 Å². The highest BCUT2D eigenvalue weighted by Crippen LogP contribution is 2.43. The molecule has 0 aromatic heterocycles. The average Bonchev–Trinajstić information content (AvgIpc) is 1.83. The van der Waals surface area contributed by atoms with E-state index < -0.39 is 20.5 Å². The van der Waals surface area contributed by atoms with Crippen LogP contribution in [-0.4, -0.2) is 18.9 Å². The zero-order valence-corrected chi connectivity index (χ0v) is 7.16. The molecule has 78 valence electrons. The molecule has 0 aliphatic carbocycles. The molecule has 0 saturated heterocycles. The first-order valence-corrected chi connectivity index (χ1v) is 4.04. The highest BCUT2D eigenvalue weighted by Gasteiger charge is 2.65. The van der Waals surface area contributed by atoms with Gasteiger partial charge in [-0.3, -0.25) is 0 Å². The van der Waals surface area contributed by atoms with Crippen molar-refractivity contribution in [3.05, 3.63) is 0 Å². The van der Waals surface area contributed by atoms with Gasteiger partial charge in [0.05, 0.1) is 0 Å². The van der Waals surface area contributed by atoms with Crippen molar-refractivity contribution in [3.63, 3.8) is 0 Å². The Morgan fingerprint density at radius 3 is 2.00 bits per heavy atom. The Kier molecular flexibility index (Phi) is 4.15. The Hall–Kier alpha value is -0.330. The maximum atomic E-state index is 11.9. The molecule has 3 nitrogen and oxygen atoms in total. The van der Waals surface area contributed by atoms with Gasteiger partial charge in [0.1, 0.15) is 6.61 Å². The lowest BCUT2D eigenvalue weighted by Gasteiger charge is -2.11. The van der Waals surface area contributed by atoms with Gasteiger partial charge in [0.15, 0.2) is 0 Å². The van der Waals surface area contributed by atoms with Gasteiger partial charge in [-0.15, -0.1) is 4.52 Å². The molecule has 0 N–H and O–H groups in total. The Balaban J connectivity index is 4.26.